The van der Waals surface area contributed by atoms with Gasteiger partial charge in [0.2, 0.25) is 0 Å². The van der Waals surface area contributed by atoms with Gasteiger partial charge in [0.15, 0.2) is 0 Å². The van der Waals surface area contributed by atoms with Crippen molar-refractivity contribution in [3.05, 3.63) is 22.9 Å². The van der Waals surface area contributed by atoms with Crippen molar-refractivity contribution >= 4 is 12.6 Å². The van der Waals surface area contributed by atoms with E-state index in [9.17, 15) is 4.79 Å². The van der Waals surface area contributed by atoms with Gasteiger partial charge in [-0.2, -0.15) is 12.6 Å². The number of hydrogen-bond acceptors (Lipinski definition) is 2. The predicted molar refractivity (Wildman–Crippen MR) is 73.8 cm³/mol. The standard InChI is InChI=1S/C13H22N2OS/c1-3-13(4-2,10-17)9-14-7-8-15(12(14)16)11-5-6-11/h7-8,11,17H,3-6,9-10H2,1-2H3. The highest BCUT2D eigenvalue weighted by Crippen LogP contribution is 2.34. The lowest BCUT2D eigenvalue weighted by molar-refractivity contribution is 0.254. The molecular weight excluding hydrogens is 232 g/mol. The molecule has 96 valence electrons. The molecule has 0 unspecified atom stereocenters. The molecule has 1 aliphatic rings. The summed E-state index contributed by atoms with van der Waals surface area (Å²) in [6, 6.07) is 0.470. The van der Waals surface area contributed by atoms with Gasteiger partial charge in [0.25, 0.3) is 0 Å². The Morgan fingerprint density at radius 3 is 2.47 bits per heavy atom. The Morgan fingerprint density at radius 1 is 1.35 bits per heavy atom. The first-order valence-electron chi connectivity index (χ1n) is 6.54. The molecule has 1 saturated carbocycles. The molecule has 1 aromatic rings. The fourth-order valence-electron chi connectivity index (χ4n) is 2.29. The van der Waals surface area contributed by atoms with E-state index in [4.69, 9.17) is 0 Å². The smallest absolute Gasteiger partial charge is 0.299 e. The van der Waals surface area contributed by atoms with E-state index in [2.05, 4.69) is 26.5 Å². The van der Waals surface area contributed by atoms with Gasteiger partial charge < -0.3 is 0 Å². The van der Waals surface area contributed by atoms with Crippen molar-refractivity contribution in [2.75, 3.05) is 5.75 Å². The van der Waals surface area contributed by atoms with Crippen LogP contribution in [0.2, 0.25) is 0 Å². The van der Waals surface area contributed by atoms with Crippen LogP contribution in [0.1, 0.15) is 45.6 Å². The molecule has 0 amide bonds. The van der Waals surface area contributed by atoms with E-state index in [0.29, 0.717) is 6.04 Å². The lowest BCUT2D eigenvalue weighted by Gasteiger charge is -2.29. The number of rotatable bonds is 6. The topological polar surface area (TPSA) is 26.9 Å². The van der Waals surface area contributed by atoms with Gasteiger partial charge in [-0.1, -0.05) is 13.8 Å². The number of aromatic nitrogens is 2. The van der Waals surface area contributed by atoms with Crippen LogP contribution in [0.5, 0.6) is 0 Å². The third kappa shape index (κ3) is 2.46. The fourth-order valence-corrected chi connectivity index (χ4v) is 2.83. The molecule has 1 aromatic heterocycles. The fraction of sp³-hybridized carbons (Fsp3) is 0.769. The van der Waals surface area contributed by atoms with E-state index in [-0.39, 0.29) is 11.1 Å². The largest absolute Gasteiger partial charge is 0.328 e. The summed E-state index contributed by atoms with van der Waals surface area (Å²) in [6.45, 7) is 5.16. The maximum Gasteiger partial charge on any atom is 0.328 e. The summed E-state index contributed by atoms with van der Waals surface area (Å²) < 4.78 is 3.75. The molecule has 1 aliphatic carbocycles. The van der Waals surface area contributed by atoms with Gasteiger partial charge in [-0.25, -0.2) is 4.79 Å². The van der Waals surface area contributed by atoms with Crippen LogP contribution >= 0.6 is 12.6 Å². The summed E-state index contributed by atoms with van der Waals surface area (Å²) in [7, 11) is 0. The van der Waals surface area contributed by atoms with Gasteiger partial charge >= 0.3 is 5.69 Å². The van der Waals surface area contributed by atoms with Crippen molar-refractivity contribution in [1.29, 1.82) is 0 Å². The van der Waals surface area contributed by atoms with E-state index in [1.807, 2.05) is 21.5 Å². The van der Waals surface area contributed by atoms with Crippen molar-refractivity contribution in [3.8, 4) is 0 Å². The van der Waals surface area contributed by atoms with Crippen LogP contribution in [-0.4, -0.2) is 14.9 Å². The maximum atomic E-state index is 12.2. The zero-order valence-corrected chi connectivity index (χ0v) is 11.6. The lowest BCUT2D eigenvalue weighted by atomic mass is 9.84. The lowest BCUT2D eigenvalue weighted by Crippen LogP contribution is -2.33. The minimum absolute atomic E-state index is 0.153. The zero-order valence-electron chi connectivity index (χ0n) is 10.7. The molecule has 0 aliphatic heterocycles. The summed E-state index contributed by atoms with van der Waals surface area (Å²) in [6.07, 6.45) is 8.31. The average molecular weight is 254 g/mol. The Morgan fingerprint density at radius 2 is 2.00 bits per heavy atom. The second-order valence-corrected chi connectivity index (χ2v) is 5.53. The van der Waals surface area contributed by atoms with Gasteiger partial charge in [-0.15, -0.1) is 0 Å². The summed E-state index contributed by atoms with van der Waals surface area (Å²) in [4.78, 5) is 12.2. The van der Waals surface area contributed by atoms with Crippen LogP contribution in [0.25, 0.3) is 0 Å². The first kappa shape index (κ1) is 12.8. The average Bonchev–Trinajstić information content (AvgIpc) is 3.13. The molecular formula is C13H22N2OS. The van der Waals surface area contributed by atoms with Crippen molar-refractivity contribution in [2.24, 2.45) is 5.41 Å². The van der Waals surface area contributed by atoms with Crippen molar-refractivity contribution in [3.63, 3.8) is 0 Å². The second kappa shape index (κ2) is 4.92. The summed E-state index contributed by atoms with van der Waals surface area (Å²) in [5.74, 6) is 0.834. The molecule has 1 fully saturated rings. The predicted octanol–water partition coefficient (Wildman–Crippen LogP) is 2.72. The van der Waals surface area contributed by atoms with Crippen LogP contribution in [0.4, 0.5) is 0 Å². The highest BCUT2D eigenvalue weighted by atomic mass is 32.1. The third-order valence-electron chi connectivity index (χ3n) is 4.16. The van der Waals surface area contributed by atoms with Crippen LogP contribution in [0.3, 0.4) is 0 Å². The molecule has 0 aromatic carbocycles. The van der Waals surface area contributed by atoms with E-state index >= 15 is 0 Å². The van der Waals surface area contributed by atoms with Crippen LogP contribution in [-0.2, 0) is 6.54 Å². The molecule has 0 bridgehead atoms. The van der Waals surface area contributed by atoms with Crippen LogP contribution in [0.15, 0.2) is 17.2 Å². The summed E-state index contributed by atoms with van der Waals surface area (Å²) in [5, 5.41) is 0. The molecule has 0 spiro atoms. The first-order chi connectivity index (χ1) is 8.15. The number of nitrogens with zero attached hydrogens (tertiary/aromatic N) is 2. The Bertz CT molecular complexity index is 419. The van der Waals surface area contributed by atoms with Gasteiger partial charge in [0.1, 0.15) is 0 Å². The Labute approximate surface area is 108 Å². The molecule has 2 rings (SSSR count). The highest BCUT2D eigenvalue weighted by molar-refractivity contribution is 7.80. The quantitative estimate of drug-likeness (QED) is 0.776. The third-order valence-corrected chi connectivity index (χ3v) is 4.83. The number of hydrogen-bond donors (Lipinski definition) is 1. The normalized spacial score (nSPS) is 16.4. The second-order valence-electron chi connectivity index (χ2n) is 5.21. The molecule has 0 atom stereocenters. The molecule has 3 nitrogen and oxygen atoms in total. The molecule has 0 saturated heterocycles. The monoisotopic (exact) mass is 254 g/mol. The van der Waals surface area contributed by atoms with Crippen molar-refractivity contribution < 1.29 is 0 Å². The molecule has 0 N–H and O–H groups in total. The van der Waals surface area contributed by atoms with E-state index < -0.39 is 0 Å². The summed E-state index contributed by atoms with van der Waals surface area (Å²) in [5.41, 5.74) is 0.309. The number of imidazole rings is 1. The van der Waals surface area contributed by atoms with Gasteiger partial charge in [-0.05, 0) is 36.9 Å². The van der Waals surface area contributed by atoms with E-state index in [0.717, 1.165) is 38.0 Å². The van der Waals surface area contributed by atoms with E-state index in [1.165, 1.54) is 0 Å². The van der Waals surface area contributed by atoms with Gasteiger partial charge in [0.05, 0.1) is 0 Å². The van der Waals surface area contributed by atoms with E-state index in [1.54, 1.807) is 0 Å². The highest BCUT2D eigenvalue weighted by Gasteiger charge is 2.29. The molecule has 4 heteroatoms. The maximum absolute atomic E-state index is 12.2. The van der Waals surface area contributed by atoms with Gasteiger partial charge in [0, 0.05) is 25.0 Å². The van der Waals surface area contributed by atoms with Crippen LogP contribution in [0, 0.1) is 5.41 Å². The minimum Gasteiger partial charge on any atom is -0.299 e. The van der Waals surface area contributed by atoms with Crippen molar-refractivity contribution in [1.82, 2.24) is 9.13 Å². The van der Waals surface area contributed by atoms with Gasteiger partial charge in [-0.3, -0.25) is 9.13 Å². The zero-order chi connectivity index (χ0) is 12.5. The number of thiol groups is 1. The molecule has 0 radical (unpaired) electrons. The summed E-state index contributed by atoms with van der Waals surface area (Å²) >= 11 is 4.46. The van der Waals surface area contributed by atoms with Crippen molar-refractivity contribution in [2.45, 2.75) is 52.1 Å². The Kier molecular flexibility index (Phi) is 3.71. The Balaban J connectivity index is 2.20. The first-order valence-corrected chi connectivity index (χ1v) is 7.17. The molecule has 1 heterocycles. The minimum atomic E-state index is 0.153. The van der Waals surface area contributed by atoms with Crippen LogP contribution < -0.4 is 5.69 Å². The molecule has 17 heavy (non-hydrogen) atoms. The SMILES string of the molecule is CCC(CC)(CS)Cn1ccn(C2CC2)c1=O. The Hall–Kier alpha value is -0.640.